The first kappa shape index (κ1) is 27.4. The van der Waals surface area contributed by atoms with Crippen LogP contribution in [0.2, 0.25) is 18.1 Å². The van der Waals surface area contributed by atoms with E-state index in [2.05, 4.69) is 53.0 Å². The first-order chi connectivity index (χ1) is 18.5. The molecule has 3 heteroatoms. The van der Waals surface area contributed by atoms with Gasteiger partial charge in [-0.25, -0.2) is 0 Å². The van der Waals surface area contributed by atoms with Crippen LogP contribution in [-0.2, 0) is 5.60 Å². The fraction of sp³-hybridized carbons (Fsp3) is 0.361. The maximum absolute atomic E-state index is 14.0. The number of rotatable bonds is 6. The summed E-state index contributed by atoms with van der Waals surface area (Å²) in [7, 11) is -2.09. The van der Waals surface area contributed by atoms with Crippen LogP contribution in [0.1, 0.15) is 68.6 Å². The molecule has 0 fully saturated rings. The van der Waals surface area contributed by atoms with Crippen LogP contribution < -0.4 is 0 Å². The first-order valence-corrected chi connectivity index (χ1v) is 17.0. The molecule has 0 saturated heterocycles. The van der Waals surface area contributed by atoms with Crippen LogP contribution in [0, 0.1) is 29.2 Å². The molecule has 200 valence electrons. The van der Waals surface area contributed by atoms with E-state index in [9.17, 15) is 9.90 Å². The SMILES string of the molecule is CC(C)C[Si](C#CC1(O)c2cc3ccccc3cc2C(=O)c2cc3ccccc3cc21)(CC(C)C)CC(C)C. The van der Waals surface area contributed by atoms with E-state index in [4.69, 9.17) is 0 Å². The van der Waals surface area contributed by atoms with Crippen LogP contribution in [0.3, 0.4) is 0 Å². The lowest BCUT2D eigenvalue weighted by atomic mass is 9.73. The van der Waals surface area contributed by atoms with Gasteiger partial charge in [-0.1, -0.05) is 96.0 Å². The van der Waals surface area contributed by atoms with Gasteiger partial charge >= 0.3 is 0 Å². The van der Waals surface area contributed by atoms with Crippen LogP contribution in [-0.4, -0.2) is 19.0 Å². The third kappa shape index (κ3) is 5.21. The average molecular weight is 533 g/mol. The van der Waals surface area contributed by atoms with Gasteiger partial charge in [-0.2, -0.15) is 0 Å². The van der Waals surface area contributed by atoms with E-state index >= 15 is 0 Å². The molecule has 0 heterocycles. The Balaban J connectivity index is 1.82. The van der Waals surface area contributed by atoms with E-state index in [1.807, 2.05) is 72.8 Å². The van der Waals surface area contributed by atoms with Gasteiger partial charge in [0.15, 0.2) is 11.4 Å². The van der Waals surface area contributed by atoms with Gasteiger partial charge in [0.1, 0.15) is 8.07 Å². The summed E-state index contributed by atoms with van der Waals surface area (Å²) in [5.41, 5.74) is 4.63. The summed E-state index contributed by atoms with van der Waals surface area (Å²) in [4.78, 5) is 14.0. The molecule has 1 aliphatic rings. The third-order valence-electron chi connectivity index (χ3n) is 7.95. The zero-order valence-electron chi connectivity index (χ0n) is 24.1. The first-order valence-electron chi connectivity index (χ1n) is 14.4. The van der Waals surface area contributed by atoms with Crippen molar-refractivity contribution in [3.05, 3.63) is 95.1 Å². The van der Waals surface area contributed by atoms with Crippen molar-refractivity contribution in [3.63, 3.8) is 0 Å². The Hall–Kier alpha value is -3.19. The highest BCUT2D eigenvalue weighted by Crippen LogP contribution is 2.43. The minimum Gasteiger partial charge on any atom is -0.369 e. The molecule has 0 saturated carbocycles. The van der Waals surface area contributed by atoms with Crippen molar-refractivity contribution in [2.24, 2.45) is 17.8 Å². The second-order valence-electron chi connectivity index (χ2n) is 12.9. The number of aliphatic hydroxyl groups is 1. The molecule has 0 aliphatic heterocycles. The zero-order valence-corrected chi connectivity index (χ0v) is 25.1. The quantitative estimate of drug-likeness (QED) is 0.199. The minimum absolute atomic E-state index is 0.0435. The molecule has 0 atom stereocenters. The van der Waals surface area contributed by atoms with Gasteiger partial charge in [0.25, 0.3) is 0 Å². The lowest BCUT2D eigenvalue weighted by Gasteiger charge is -2.35. The van der Waals surface area contributed by atoms with Crippen molar-refractivity contribution in [1.82, 2.24) is 0 Å². The predicted octanol–water partition coefficient (Wildman–Crippen LogP) is 8.73. The molecule has 0 amide bonds. The Morgan fingerprint density at radius 2 is 1.03 bits per heavy atom. The fourth-order valence-electron chi connectivity index (χ4n) is 6.85. The van der Waals surface area contributed by atoms with Crippen LogP contribution in [0.4, 0.5) is 0 Å². The van der Waals surface area contributed by atoms with Crippen molar-refractivity contribution in [1.29, 1.82) is 0 Å². The van der Waals surface area contributed by atoms with Crippen LogP contribution in [0.15, 0.2) is 72.8 Å². The average Bonchev–Trinajstić information content (AvgIpc) is 2.88. The number of carbonyl (C=O) groups is 1. The van der Waals surface area contributed by atoms with Gasteiger partial charge in [-0.05, 0) is 81.7 Å². The monoisotopic (exact) mass is 532 g/mol. The van der Waals surface area contributed by atoms with Gasteiger partial charge in [-0.3, -0.25) is 4.79 Å². The van der Waals surface area contributed by atoms with E-state index in [1.165, 1.54) is 0 Å². The van der Waals surface area contributed by atoms with Gasteiger partial charge < -0.3 is 5.11 Å². The van der Waals surface area contributed by atoms with Gasteiger partial charge in [0, 0.05) is 22.3 Å². The Morgan fingerprint density at radius 1 is 0.667 bits per heavy atom. The second kappa shape index (κ2) is 10.4. The van der Waals surface area contributed by atoms with Gasteiger partial charge in [0.05, 0.1) is 0 Å². The topological polar surface area (TPSA) is 37.3 Å². The molecule has 0 bridgehead atoms. The molecule has 0 aromatic heterocycles. The smallest absolute Gasteiger partial charge is 0.193 e. The Labute approximate surface area is 234 Å². The minimum atomic E-state index is -2.09. The highest BCUT2D eigenvalue weighted by molar-refractivity contribution is 6.87. The van der Waals surface area contributed by atoms with E-state index in [0.29, 0.717) is 40.0 Å². The normalized spacial score (nSPS) is 14.6. The van der Waals surface area contributed by atoms with E-state index in [-0.39, 0.29) is 5.78 Å². The molecular formula is C36H40O2Si. The van der Waals surface area contributed by atoms with Crippen molar-refractivity contribution >= 4 is 35.4 Å². The van der Waals surface area contributed by atoms with Crippen LogP contribution >= 0.6 is 0 Å². The summed E-state index contributed by atoms with van der Waals surface area (Å²) in [5.74, 6) is 5.11. The van der Waals surface area contributed by atoms with E-state index in [1.54, 1.807) is 0 Å². The highest BCUT2D eigenvalue weighted by atomic mass is 28.3. The second-order valence-corrected chi connectivity index (χ2v) is 16.9. The number of ketones is 1. The van der Waals surface area contributed by atoms with Gasteiger partial charge in [0.2, 0.25) is 0 Å². The molecule has 2 nitrogen and oxygen atoms in total. The number of hydrogen-bond donors (Lipinski definition) is 1. The van der Waals surface area contributed by atoms with Crippen LogP contribution in [0.5, 0.6) is 0 Å². The van der Waals surface area contributed by atoms with Crippen molar-refractivity contribution in [2.45, 2.75) is 65.3 Å². The number of hydrogen-bond acceptors (Lipinski definition) is 2. The van der Waals surface area contributed by atoms with Crippen molar-refractivity contribution in [2.75, 3.05) is 0 Å². The number of carbonyl (C=O) groups excluding carboxylic acids is 1. The Bertz CT molecular complexity index is 1500. The molecule has 0 radical (unpaired) electrons. The molecule has 1 aliphatic carbocycles. The molecule has 4 aromatic rings. The maximum atomic E-state index is 14.0. The third-order valence-corrected chi connectivity index (χ3v) is 13.4. The molecular weight excluding hydrogens is 492 g/mol. The van der Waals surface area contributed by atoms with Crippen molar-refractivity contribution < 1.29 is 9.90 Å². The van der Waals surface area contributed by atoms with E-state index < -0.39 is 13.7 Å². The number of fused-ring (bicyclic) bond motifs is 4. The summed E-state index contributed by atoms with van der Waals surface area (Å²) < 4.78 is 0. The maximum Gasteiger partial charge on any atom is 0.193 e. The Kier molecular flexibility index (Phi) is 7.31. The molecule has 0 spiro atoms. The lowest BCUT2D eigenvalue weighted by Crippen LogP contribution is -2.39. The predicted molar refractivity (Wildman–Crippen MR) is 167 cm³/mol. The zero-order chi connectivity index (χ0) is 27.9. The Morgan fingerprint density at radius 3 is 1.38 bits per heavy atom. The summed E-state index contributed by atoms with van der Waals surface area (Å²) in [6, 6.07) is 27.3. The molecule has 39 heavy (non-hydrogen) atoms. The molecule has 1 N–H and O–H groups in total. The lowest BCUT2D eigenvalue weighted by molar-refractivity contribution is 0.0981. The summed E-state index contributed by atoms with van der Waals surface area (Å²) in [5, 5.41) is 16.8. The summed E-state index contributed by atoms with van der Waals surface area (Å²) in [6.07, 6.45) is 0. The molecule has 5 rings (SSSR count). The number of benzene rings is 4. The standard InChI is InChI=1S/C36H40O2Si/c1-24(2)21-39(22-25(3)4,23-26(5)6)16-15-36(38)33-19-29-13-9-7-11-27(29)17-31(33)35(37)32-18-28-12-8-10-14-30(28)20-34(32)36/h7-14,17-20,24-26,38H,21-23H2,1-6H3. The van der Waals surface area contributed by atoms with E-state index in [0.717, 1.165) is 39.7 Å². The fourth-order valence-corrected chi connectivity index (χ4v) is 12.8. The molecule has 4 aromatic carbocycles. The summed E-state index contributed by atoms with van der Waals surface area (Å²) >= 11 is 0. The summed E-state index contributed by atoms with van der Waals surface area (Å²) in [6.45, 7) is 13.8. The molecule has 0 unspecified atom stereocenters. The van der Waals surface area contributed by atoms with Gasteiger partial charge in [-0.15, -0.1) is 5.54 Å². The van der Waals surface area contributed by atoms with Crippen LogP contribution in [0.25, 0.3) is 21.5 Å². The largest absolute Gasteiger partial charge is 0.369 e. The highest BCUT2D eigenvalue weighted by Gasteiger charge is 2.43. The van der Waals surface area contributed by atoms with Crippen molar-refractivity contribution in [3.8, 4) is 11.5 Å².